The smallest absolute Gasteiger partial charge is 0.0199 e. The van der Waals surface area contributed by atoms with Crippen LogP contribution in [0.15, 0.2) is 47.6 Å². The Kier molecular flexibility index (Phi) is 1.55. The van der Waals surface area contributed by atoms with E-state index in [0.717, 1.165) is 12.3 Å². The van der Waals surface area contributed by atoms with Gasteiger partial charge in [-0.25, -0.2) is 0 Å². The summed E-state index contributed by atoms with van der Waals surface area (Å²) in [5, 5.41) is 0. The van der Waals surface area contributed by atoms with E-state index in [1.165, 1.54) is 12.8 Å². The molecule has 0 heterocycles. The van der Waals surface area contributed by atoms with Crippen LogP contribution in [0.2, 0.25) is 0 Å². The topological polar surface area (TPSA) is 0 Å². The van der Waals surface area contributed by atoms with Gasteiger partial charge in [0, 0.05) is 5.92 Å². The van der Waals surface area contributed by atoms with E-state index in [-0.39, 0.29) is 0 Å². The van der Waals surface area contributed by atoms with E-state index in [1.54, 1.807) is 11.1 Å². The lowest BCUT2D eigenvalue weighted by Crippen LogP contribution is -2.19. The Balaban J connectivity index is 1.99. The van der Waals surface area contributed by atoms with Crippen LogP contribution in [0.3, 0.4) is 0 Å². The Morgan fingerprint density at radius 3 is 3.23 bits per heavy atom. The SMILES string of the molecule is C1=CC2C(=C1)CCC1C=CCC=C12. The highest BCUT2D eigenvalue weighted by molar-refractivity contribution is 5.42. The van der Waals surface area contributed by atoms with Gasteiger partial charge in [-0.15, -0.1) is 0 Å². The molecule has 3 rings (SSSR count). The molecule has 1 saturated carbocycles. The van der Waals surface area contributed by atoms with Crippen LogP contribution < -0.4 is 0 Å². The Bertz CT molecular complexity index is 339. The predicted octanol–water partition coefficient (Wildman–Crippen LogP) is 3.40. The summed E-state index contributed by atoms with van der Waals surface area (Å²) in [6.07, 6.45) is 17.8. The van der Waals surface area contributed by atoms with Crippen LogP contribution >= 0.6 is 0 Å². The van der Waals surface area contributed by atoms with E-state index >= 15 is 0 Å². The van der Waals surface area contributed by atoms with Crippen LogP contribution in [-0.4, -0.2) is 0 Å². The first kappa shape index (κ1) is 7.37. The first-order valence-electron chi connectivity index (χ1n) is 5.19. The third kappa shape index (κ3) is 1.05. The Morgan fingerprint density at radius 1 is 1.23 bits per heavy atom. The van der Waals surface area contributed by atoms with Crippen molar-refractivity contribution in [3.63, 3.8) is 0 Å². The number of hydrogen-bond donors (Lipinski definition) is 0. The summed E-state index contributed by atoms with van der Waals surface area (Å²) in [7, 11) is 0. The van der Waals surface area contributed by atoms with Gasteiger partial charge >= 0.3 is 0 Å². The van der Waals surface area contributed by atoms with Gasteiger partial charge in [0.25, 0.3) is 0 Å². The lowest BCUT2D eigenvalue weighted by molar-refractivity contribution is 0.545. The van der Waals surface area contributed by atoms with E-state index in [2.05, 4.69) is 36.5 Å². The fraction of sp³-hybridized carbons (Fsp3) is 0.385. The van der Waals surface area contributed by atoms with E-state index in [0.29, 0.717) is 5.92 Å². The summed E-state index contributed by atoms with van der Waals surface area (Å²) >= 11 is 0. The molecule has 0 saturated heterocycles. The van der Waals surface area contributed by atoms with Crippen molar-refractivity contribution in [2.45, 2.75) is 19.3 Å². The molecule has 0 heteroatoms. The number of rotatable bonds is 0. The molecule has 0 spiro atoms. The van der Waals surface area contributed by atoms with Crippen molar-refractivity contribution in [3.05, 3.63) is 47.6 Å². The highest BCUT2D eigenvalue weighted by Crippen LogP contribution is 2.43. The van der Waals surface area contributed by atoms with Gasteiger partial charge < -0.3 is 0 Å². The highest BCUT2D eigenvalue weighted by Gasteiger charge is 2.29. The van der Waals surface area contributed by atoms with Crippen molar-refractivity contribution in [3.8, 4) is 0 Å². The van der Waals surface area contributed by atoms with Crippen LogP contribution in [0.1, 0.15) is 19.3 Å². The van der Waals surface area contributed by atoms with Crippen LogP contribution in [0, 0.1) is 11.8 Å². The third-order valence-corrected chi connectivity index (χ3v) is 3.40. The largest absolute Gasteiger partial charge is 0.0841 e. The predicted molar refractivity (Wildman–Crippen MR) is 55.3 cm³/mol. The molecule has 13 heavy (non-hydrogen) atoms. The zero-order valence-corrected chi connectivity index (χ0v) is 7.74. The van der Waals surface area contributed by atoms with Gasteiger partial charge in [0.15, 0.2) is 0 Å². The molecule has 2 unspecified atom stereocenters. The van der Waals surface area contributed by atoms with Crippen LogP contribution in [-0.2, 0) is 0 Å². The molecule has 1 fully saturated rings. The molecule has 0 N–H and O–H groups in total. The first-order chi connectivity index (χ1) is 6.45. The molecule has 3 aliphatic rings. The molecule has 0 aromatic carbocycles. The third-order valence-electron chi connectivity index (χ3n) is 3.40. The molecule has 0 radical (unpaired) electrons. The van der Waals surface area contributed by atoms with Crippen molar-refractivity contribution < 1.29 is 0 Å². The van der Waals surface area contributed by atoms with Gasteiger partial charge in [-0.1, -0.05) is 47.6 Å². The monoisotopic (exact) mass is 170 g/mol. The van der Waals surface area contributed by atoms with Crippen LogP contribution in [0.4, 0.5) is 0 Å². The van der Waals surface area contributed by atoms with E-state index in [4.69, 9.17) is 0 Å². The van der Waals surface area contributed by atoms with Gasteiger partial charge in [-0.2, -0.15) is 0 Å². The van der Waals surface area contributed by atoms with Crippen molar-refractivity contribution in [2.24, 2.45) is 11.8 Å². The number of fused-ring (bicyclic) bond motifs is 3. The molecule has 66 valence electrons. The Morgan fingerprint density at radius 2 is 2.23 bits per heavy atom. The lowest BCUT2D eigenvalue weighted by Gasteiger charge is -2.31. The molecular weight excluding hydrogens is 156 g/mol. The second kappa shape index (κ2) is 2.73. The molecular formula is C13H14. The molecule has 0 bridgehead atoms. The Hall–Kier alpha value is -1.04. The summed E-state index contributed by atoms with van der Waals surface area (Å²) in [6, 6.07) is 0. The minimum absolute atomic E-state index is 0.670. The average Bonchev–Trinajstić information content (AvgIpc) is 2.65. The van der Waals surface area contributed by atoms with E-state index < -0.39 is 0 Å². The van der Waals surface area contributed by atoms with Gasteiger partial charge in [-0.3, -0.25) is 0 Å². The average molecular weight is 170 g/mol. The van der Waals surface area contributed by atoms with Crippen molar-refractivity contribution >= 4 is 0 Å². The van der Waals surface area contributed by atoms with E-state index in [9.17, 15) is 0 Å². The zero-order valence-electron chi connectivity index (χ0n) is 7.74. The molecule has 0 aromatic rings. The molecule has 0 aromatic heterocycles. The highest BCUT2D eigenvalue weighted by atomic mass is 14.3. The van der Waals surface area contributed by atoms with Crippen LogP contribution in [0.25, 0.3) is 0 Å². The summed E-state index contributed by atoms with van der Waals surface area (Å²) in [5.74, 6) is 1.42. The van der Waals surface area contributed by atoms with Crippen molar-refractivity contribution in [1.82, 2.24) is 0 Å². The maximum atomic E-state index is 2.43. The molecule has 3 aliphatic carbocycles. The minimum Gasteiger partial charge on any atom is -0.0841 e. The molecule has 0 amide bonds. The van der Waals surface area contributed by atoms with Gasteiger partial charge in [-0.05, 0) is 25.2 Å². The molecule has 0 aliphatic heterocycles. The maximum absolute atomic E-state index is 2.43. The van der Waals surface area contributed by atoms with Crippen LogP contribution in [0.5, 0.6) is 0 Å². The summed E-state index contributed by atoms with van der Waals surface area (Å²) in [4.78, 5) is 0. The fourth-order valence-corrected chi connectivity index (χ4v) is 2.73. The number of allylic oxidation sites excluding steroid dienone is 8. The summed E-state index contributed by atoms with van der Waals surface area (Å²) < 4.78 is 0. The van der Waals surface area contributed by atoms with Gasteiger partial charge in [0.2, 0.25) is 0 Å². The first-order valence-corrected chi connectivity index (χ1v) is 5.19. The Labute approximate surface area is 79.3 Å². The lowest BCUT2D eigenvalue weighted by atomic mass is 9.73. The quantitative estimate of drug-likeness (QED) is 0.489. The zero-order chi connectivity index (χ0) is 8.67. The minimum atomic E-state index is 0.670. The van der Waals surface area contributed by atoms with Crippen molar-refractivity contribution in [1.29, 1.82) is 0 Å². The fourth-order valence-electron chi connectivity index (χ4n) is 2.73. The number of hydrogen-bond acceptors (Lipinski definition) is 0. The second-order valence-corrected chi connectivity index (χ2v) is 4.12. The summed E-state index contributed by atoms with van der Waals surface area (Å²) in [6.45, 7) is 0. The van der Waals surface area contributed by atoms with Gasteiger partial charge in [0.1, 0.15) is 0 Å². The maximum Gasteiger partial charge on any atom is 0.0199 e. The molecule has 0 nitrogen and oxygen atoms in total. The standard InChI is InChI=1S/C13H14/c1-2-6-12-10(4-1)8-9-11-5-3-7-13(11)12/h1,3-7,10,13H,2,8-9H2. The summed E-state index contributed by atoms with van der Waals surface area (Å²) in [5.41, 5.74) is 3.30. The van der Waals surface area contributed by atoms with Crippen molar-refractivity contribution in [2.75, 3.05) is 0 Å². The van der Waals surface area contributed by atoms with E-state index in [1.807, 2.05) is 0 Å². The second-order valence-electron chi connectivity index (χ2n) is 4.12. The normalized spacial score (nSPS) is 35.1. The van der Waals surface area contributed by atoms with Gasteiger partial charge in [0.05, 0.1) is 0 Å². The molecule has 2 atom stereocenters.